The quantitative estimate of drug-likeness (QED) is 0.179. The molecule has 1 N–H and O–H groups in total. The molecule has 5 heteroatoms. The lowest BCUT2D eigenvalue weighted by Crippen LogP contribution is -2.33. The highest BCUT2D eigenvalue weighted by Crippen LogP contribution is 2.41. The van der Waals surface area contributed by atoms with Gasteiger partial charge in [-0.1, -0.05) is 140 Å². The van der Waals surface area contributed by atoms with Gasteiger partial charge in [-0.2, -0.15) is 0 Å². The summed E-state index contributed by atoms with van der Waals surface area (Å²) in [5.74, 6) is 1.58. The molecule has 12 rings (SSSR count). The molecule has 11 aromatic rings. The van der Waals surface area contributed by atoms with E-state index in [0.29, 0.717) is 0 Å². The number of aliphatic imine (C=N–C) groups is 2. The maximum atomic E-state index is 5.28. The molecule has 0 saturated heterocycles. The summed E-state index contributed by atoms with van der Waals surface area (Å²) in [5, 5.41) is 16.5. The van der Waals surface area contributed by atoms with Gasteiger partial charge in [-0.15, -0.1) is 22.7 Å². The van der Waals surface area contributed by atoms with Gasteiger partial charge in [0.25, 0.3) is 0 Å². The Kier molecular flexibility index (Phi) is 7.03. The van der Waals surface area contributed by atoms with Gasteiger partial charge in [0, 0.05) is 51.5 Å². The fraction of sp³-hybridized carbons (Fsp3) is 0.0196. The molecular formula is C51H31N3S2. The van der Waals surface area contributed by atoms with Crippen molar-refractivity contribution in [3.63, 3.8) is 0 Å². The molecule has 1 aliphatic heterocycles. The third-order valence-electron chi connectivity index (χ3n) is 11.3. The molecule has 262 valence electrons. The molecule has 3 heterocycles. The van der Waals surface area contributed by atoms with Crippen molar-refractivity contribution in [3.8, 4) is 11.1 Å². The zero-order valence-electron chi connectivity index (χ0n) is 30.0. The van der Waals surface area contributed by atoms with Crippen LogP contribution in [0.15, 0.2) is 186 Å². The van der Waals surface area contributed by atoms with Gasteiger partial charge in [0.15, 0.2) is 5.84 Å². The van der Waals surface area contributed by atoms with E-state index >= 15 is 0 Å². The van der Waals surface area contributed by atoms with Crippen molar-refractivity contribution in [1.29, 1.82) is 0 Å². The smallest absolute Gasteiger partial charge is 0.159 e. The molecule has 0 amide bonds. The third kappa shape index (κ3) is 4.95. The van der Waals surface area contributed by atoms with Crippen LogP contribution in [0.1, 0.15) is 22.9 Å². The summed E-state index contributed by atoms with van der Waals surface area (Å²) in [6, 6.07) is 63.8. The van der Waals surface area contributed by atoms with Gasteiger partial charge >= 0.3 is 0 Å². The first-order chi connectivity index (χ1) is 27.7. The van der Waals surface area contributed by atoms with Crippen LogP contribution >= 0.6 is 22.7 Å². The van der Waals surface area contributed by atoms with Gasteiger partial charge in [-0.25, -0.2) is 9.98 Å². The Morgan fingerprint density at radius 1 is 0.393 bits per heavy atom. The van der Waals surface area contributed by atoms with Gasteiger partial charge in [0.2, 0.25) is 0 Å². The molecule has 0 bridgehead atoms. The first-order valence-electron chi connectivity index (χ1n) is 18.9. The second-order valence-electron chi connectivity index (χ2n) is 14.5. The molecule has 2 aromatic heterocycles. The second-order valence-corrected chi connectivity index (χ2v) is 16.7. The zero-order chi connectivity index (χ0) is 36.7. The number of nitrogens with zero attached hydrogens (tertiary/aromatic N) is 2. The topological polar surface area (TPSA) is 36.8 Å². The van der Waals surface area contributed by atoms with E-state index in [1.165, 1.54) is 83.8 Å². The maximum absolute atomic E-state index is 5.28. The van der Waals surface area contributed by atoms with E-state index in [4.69, 9.17) is 9.98 Å². The van der Waals surface area contributed by atoms with E-state index in [2.05, 4.69) is 181 Å². The van der Waals surface area contributed by atoms with E-state index in [1.807, 2.05) is 22.7 Å². The molecule has 0 aliphatic carbocycles. The summed E-state index contributed by atoms with van der Waals surface area (Å²) in [7, 11) is 0. The monoisotopic (exact) mass is 749 g/mol. The minimum atomic E-state index is -0.267. The summed E-state index contributed by atoms with van der Waals surface area (Å²) < 4.78 is 5.03. The van der Waals surface area contributed by atoms with Crippen LogP contribution in [0.4, 0.5) is 0 Å². The zero-order valence-corrected chi connectivity index (χ0v) is 31.7. The van der Waals surface area contributed by atoms with E-state index in [0.717, 1.165) is 28.4 Å². The average Bonchev–Trinajstić information content (AvgIpc) is 3.84. The van der Waals surface area contributed by atoms with Crippen LogP contribution in [0.3, 0.4) is 0 Å². The average molecular weight is 750 g/mol. The Morgan fingerprint density at radius 2 is 0.964 bits per heavy atom. The fourth-order valence-corrected chi connectivity index (χ4v) is 10.9. The number of amidine groups is 2. The predicted molar refractivity (Wildman–Crippen MR) is 242 cm³/mol. The van der Waals surface area contributed by atoms with Crippen LogP contribution in [-0.2, 0) is 0 Å². The Bertz CT molecular complexity index is 3430. The van der Waals surface area contributed by atoms with E-state index in [1.54, 1.807) is 0 Å². The number of fused-ring (bicyclic) bond motifs is 12. The molecule has 0 saturated carbocycles. The summed E-state index contributed by atoms with van der Waals surface area (Å²) in [6.45, 7) is 0. The van der Waals surface area contributed by atoms with Crippen LogP contribution in [-0.4, -0.2) is 11.7 Å². The van der Waals surface area contributed by atoms with E-state index in [-0.39, 0.29) is 6.17 Å². The summed E-state index contributed by atoms with van der Waals surface area (Å²) >= 11 is 3.66. The second kappa shape index (κ2) is 12.4. The SMILES string of the molecule is c1ccc(C2N=C(c3ccc4c(c3)sc3ccc(-c5ccc6c7ccccc7c7ccccc7c6c5)cc34)N=C(c3cccc4sc5ccccc5c34)N2)cc1. The highest BCUT2D eigenvalue weighted by Gasteiger charge is 2.24. The Morgan fingerprint density at radius 3 is 1.75 bits per heavy atom. The molecule has 9 aromatic carbocycles. The Labute approximate surface area is 330 Å². The number of rotatable bonds is 4. The van der Waals surface area contributed by atoms with Crippen LogP contribution < -0.4 is 5.32 Å². The Hall–Kier alpha value is -6.66. The molecule has 1 unspecified atom stereocenters. The third-order valence-corrected chi connectivity index (χ3v) is 13.6. The maximum Gasteiger partial charge on any atom is 0.159 e. The Balaban J connectivity index is 0.976. The molecule has 0 fully saturated rings. The molecule has 1 atom stereocenters. The van der Waals surface area contributed by atoms with Crippen LogP contribution in [0.25, 0.3) is 83.8 Å². The normalized spacial score (nSPS) is 14.6. The lowest BCUT2D eigenvalue weighted by Gasteiger charge is -2.24. The minimum absolute atomic E-state index is 0.267. The van der Waals surface area contributed by atoms with Crippen molar-refractivity contribution in [2.45, 2.75) is 6.17 Å². The van der Waals surface area contributed by atoms with Gasteiger partial charge in [-0.3, -0.25) is 0 Å². The number of hydrogen-bond acceptors (Lipinski definition) is 5. The first kappa shape index (κ1) is 31.7. The largest absolute Gasteiger partial charge is 0.344 e. The molecule has 0 radical (unpaired) electrons. The number of benzene rings is 9. The van der Waals surface area contributed by atoms with E-state index in [9.17, 15) is 0 Å². The predicted octanol–water partition coefficient (Wildman–Crippen LogP) is 14.0. The van der Waals surface area contributed by atoms with Crippen molar-refractivity contribution in [2.24, 2.45) is 9.98 Å². The van der Waals surface area contributed by atoms with E-state index < -0.39 is 0 Å². The van der Waals surface area contributed by atoms with Crippen LogP contribution in [0.5, 0.6) is 0 Å². The summed E-state index contributed by atoms with van der Waals surface area (Å²) in [4.78, 5) is 10.5. The number of nitrogens with one attached hydrogen (secondary N) is 1. The van der Waals surface area contributed by atoms with Crippen LogP contribution in [0.2, 0.25) is 0 Å². The van der Waals surface area contributed by atoms with Gasteiger partial charge < -0.3 is 5.32 Å². The lowest BCUT2D eigenvalue weighted by atomic mass is 9.92. The lowest BCUT2D eigenvalue weighted by molar-refractivity contribution is 0.674. The summed E-state index contributed by atoms with van der Waals surface area (Å²) in [6.07, 6.45) is -0.267. The summed E-state index contributed by atoms with van der Waals surface area (Å²) in [5.41, 5.74) is 5.66. The van der Waals surface area contributed by atoms with Gasteiger partial charge in [0.05, 0.1) is 0 Å². The van der Waals surface area contributed by atoms with Crippen molar-refractivity contribution in [2.75, 3.05) is 0 Å². The van der Waals surface area contributed by atoms with Gasteiger partial charge in [-0.05, 0) is 85.4 Å². The fourth-order valence-electron chi connectivity index (χ4n) is 8.68. The highest BCUT2D eigenvalue weighted by molar-refractivity contribution is 7.26. The van der Waals surface area contributed by atoms with Crippen molar-refractivity contribution in [1.82, 2.24) is 5.32 Å². The first-order valence-corrected chi connectivity index (χ1v) is 20.6. The molecule has 1 aliphatic rings. The molecule has 3 nitrogen and oxygen atoms in total. The highest BCUT2D eigenvalue weighted by atomic mass is 32.1. The van der Waals surface area contributed by atoms with Gasteiger partial charge in [0.1, 0.15) is 12.0 Å². The van der Waals surface area contributed by atoms with Crippen molar-refractivity contribution in [3.05, 3.63) is 193 Å². The standard InChI is InChI=1S/C51H31N3S2/c1-2-11-30(12-3-1)49-52-50(54-51(53-49)41-18-10-20-46-48(41)40-17-8-9-19-44(40)55-46)33-22-25-39-43-28-32(23-26-45(43)56-47(39)29-33)31-21-24-38-36-15-5-4-13-34(36)35-14-6-7-16-37(35)42(38)27-31/h1-29,49H,(H,52,53,54). The minimum Gasteiger partial charge on any atom is -0.344 e. The molecular weight excluding hydrogens is 719 g/mol. The number of thiophene rings is 2. The van der Waals surface area contributed by atoms with Crippen molar-refractivity contribution < 1.29 is 0 Å². The number of hydrogen-bond donors (Lipinski definition) is 1. The molecule has 56 heavy (non-hydrogen) atoms. The van der Waals surface area contributed by atoms with Crippen LogP contribution in [0, 0.1) is 0 Å². The molecule has 0 spiro atoms. The van der Waals surface area contributed by atoms with Crippen molar-refractivity contribution >= 4 is 107 Å².